The summed E-state index contributed by atoms with van der Waals surface area (Å²) in [5.74, 6) is 6.14. The van der Waals surface area contributed by atoms with Crippen molar-refractivity contribution in [1.82, 2.24) is 25.0 Å². The lowest BCUT2D eigenvalue weighted by Crippen LogP contribution is -2.31. The fourth-order valence-corrected chi connectivity index (χ4v) is 2.81. The molecule has 0 aliphatic rings. The summed E-state index contributed by atoms with van der Waals surface area (Å²) in [4.78, 5) is 9.39. The molecule has 7 nitrogen and oxygen atoms in total. The van der Waals surface area contributed by atoms with Crippen LogP contribution in [0.15, 0.2) is 12.4 Å². The number of hydrogen-bond acceptors (Lipinski definition) is 8. The Kier molecular flexibility index (Phi) is 4.26. The first-order chi connectivity index (χ1) is 9.49. The van der Waals surface area contributed by atoms with Crippen LogP contribution in [0.5, 0.6) is 5.88 Å². The van der Waals surface area contributed by atoms with E-state index in [1.54, 1.807) is 19.5 Å². The normalized spacial score (nSPS) is 13.2. The first kappa shape index (κ1) is 14.8. The largest absolute Gasteiger partial charge is 0.480 e. The average molecular weight is 294 g/mol. The minimum absolute atomic E-state index is 0.132. The zero-order valence-electron chi connectivity index (χ0n) is 11.9. The molecule has 0 amide bonds. The Labute approximate surface area is 121 Å². The van der Waals surface area contributed by atoms with Gasteiger partial charge in [-0.25, -0.2) is 10.4 Å². The number of ether oxygens (including phenoxy) is 1. The SMILES string of the molecule is COc1nccnc1C(NN)c1snnc1C(C)(C)C. The van der Waals surface area contributed by atoms with E-state index in [9.17, 15) is 0 Å². The molecular weight excluding hydrogens is 276 g/mol. The van der Waals surface area contributed by atoms with Gasteiger partial charge in [0.15, 0.2) is 0 Å². The molecule has 20 heavy (non-hydrogen) atoms. The van der Waals surface area contributed by atoms with E-state index in [1.165, 1.54) is 11.5 Å². The quantitative estimate of drug-likeness (QED) is 0.645. The maximum atomic E-state index is 5.71. The van der Waals surface area contributed by atoms with Gasteiger partial charge in [-0.1, -0.05) is 25.3 Å². The molecule has 0 spiro atoms. The van der Waals surface area contributed by atoms with Crippen LogP contribution in [-0.4, -0.2) is 26.7 Å². The van der Waals surface area contributed by atoms with Crippen LogP contribution in [0.3, 0.4) is 0 Å². The molecule has 0 radical (unpaired) electrons. The van der Waals surface area contributed by atoms with Gasteiger partial charge in [-0.2, -0.15) is 0 Å². The van der Waals surface area contributed by atoms with Crippen LogP contribution in [0.25, 0.3) is 0 Å². The molecule has 1 atom stereocenters. The Morgan fingerprint density at radius 3 is 2.60 bits per heavy atom. The number of nitrogens with one attached hydrogen (secondary N) is 1. The molecule has 0 bridgehead atoms. The van der Waals surface area contributed by atoms with E-state index in [-0.39, 0.29) is 11.5 Å². The first-order valence-electron chi connectivity index (χ1n) is 6.12. The van der Waals surface area contributed by atoms with E-state index >= 15 is 0 Å². The third-order valence-corrected chi connectivity index (χ3v) is 3.60. The van der Waals surface area contributed by atoms with Crippen molar-refractivity contribution < 1.29 is 4.74 Å². The number of rotatable bonds is 4. The standard InChI is InChI=1S/C12H18N6OS/c1-12(2,3)10-9(20-18-17-10)7(16-13)8-11(19-4)15-6-5-14-8/h5-7,16H,13H2,1-4H3. The lowest BCUT2D eigenvalue weighted by Gasteiger charge is -2.21. The zero-order chi connectivity index (χ0) is 14.8. The molecule has 0 saturated carbocycles. The summed E-state index contributed by atoms with van der Waals surface area (Å²) >= 11 is 1.30. The molecule has 2 aromatic rings. The second kappa shape index (κ2) is 5.78. The van der Waals surface area contributed by atoms with Crippen LogP contribution in [0.1, 0.15) is 43.1 Å². The Balaban J connectivity index is 2.51. The Morgan fingerprint density at radius 2 is 2.00 bits per heavy atom. The van der Waals surface area contributed by atoms with Crippen molar-refractivity contribution in [2.45, 2.75) is 32.2 Å². The molecular formula is C12H18N6OS. The van der Waals surface area contributed by atoms with Crippen LogP contribution in [-0.2, 0) is 5.41 Å². The molecule has 1 unspecified atom stereocenters. The summed E-state index contributed by atoms with van der Waals surface area (Å²) in [6, 6.07) is -0.354. The first-order valence-corrected chi connectivity index (χ1v) is 6.90. The molecule has 0 aromatic carbocycles. The van der Waals surface area contributed by atoms with Crippen molar-refractivity contribution in [3.63, 3.8) is 0 Å². The molecule has 3 N–H and O–H groups in total. The molecule has 108 valence electrons. The Hall–Kier alpha value is -1.64. The number of nitrogens with two attached hydrogens (primary N) is 1. The summed E-state index contributed by atoms with van der Waals surface area (Å²) in [5.41, 5.74) is 4.13. The van der Waals surface area contributed by atoms with E-state index in [4.69, 9.17) is 10.6 Å². The fraction of sp³-hybridized carbons (Fsp3) is 0.500. The zero-order valence-corrected chi connectivity index (χ0v) is 12.7. The predicted octanol–water partition coefficient (Wildman–Crippen LogP) is 1.19. The van der Waals surface area contributed by atoms with Crippen molar-refractivity contribution in [3.05, 3.63) is 28.7 Å². The van der Waals surface area contributed by atoms with Crippen LogP contribution in [0.4, 0.5) is 0 Å². The summed E-state index contributed by atoms with van der Waals surface area (Å²) in [5, 5.41) is 4.22. The van der Waals surface area contributed by atoms with Crippen LogP contribution < -0.4 is 16.0 Å². The van der Waals surface area contributed by atoms with Gasteiger partial charge in [-0.15, -0.1) is 5.10 Å². The topological polar surface area (TPSA) is 98.8 Å². The van der Waals surface area contributed by atoms with Crippen LogP contribution in [0.2, 0.25) is 0 Å². The molecule has 2 rings (SSSR count). The van der Waals surface area contributed by atoms with Crippen molar-refractivity contribution >= 4 is 11.5 Å². The molecule has 2 heterocycles. The molecule has 8 heteroatoms. The van der Waals surface area contributed by atoms with Gasteiger partial charge < -0.3 is 4.74 Å². The maximum Gasteiger partial charge on any atom is 0.237 e. The monoisotopic (exact) mass is 294 g/mol. The average Bonchev–Trinajstić information content (AvgIpc) is 2.89. The third kappa shape index (κ3) is 2.77. The highest BCUT2D eigenvalue weighted by molar-refractivity contribution is 7.05. The molecule has 2 aromatic heterocycles. The highest BCUT2D eigenvalue weighted by Crippen LogP contribution is 2.34. The molecule has 0 fully saturated rings. The number of methoxy groups -OCH3 is 1. The number of hydrogen-bond donors (Lipinski definition) is 2. The van der Waals surface area contributed by atoms with Crippen LogP contribution in [0, 0.1) is 0 Å². The van der Waals surface area contributed by atoms with Gasteiger partial charge in [0.25, 0.3) is 0 Å². The minimum atomic E-state index is -0.354. The van der Waals surface area contributed by atoms with Gasteiger partial charge in [0.2, 0.25) is 5.88 Å². The summed E-state index contributed by atoms with van der Waals surface area (Å²) < 4.78 is 9.29. The van der Waals surface area contributed by atoms with Gasteiger partial charge in [0.1, 0.15) is 11.7 Å². The maximum absolute atomic E-state index is 5.71. The van der Waals surface area contributed by atoms with Crippen LogP contribution >= 0.6 is 11.5 Å². The van der Waals surface area contributed by atoms with E-state index in [2.05, 4.69) is 45.8 Å². The molecule has 0 aliphatic heterocycles. The fourth-order valence-electron chi connectivity index (χ4n) is 1.88. The smallest absolute Gasteiger partial charge is 0.237 e. The van der Waals surface area contributed by atoms with Gasteiger partial charge in [0.05, 0.1) is 17.7 Å². The summed E-state index contributed by atoms with van der Waals surface area (Å²) in [6.45, 7) is 6.23. The van der Waals surface area contributed by atoms with Crippen molar-refractivity contribution in [2.24, 2.45) is 5.84 Å². The van der Waals surface area contributed by atoms with Gasteiger partial charge in [0, 0.05) is 17.8 Å². The highest BCUT2D eigenvalue weighted by atomic mass is 32.1. The number of nitrogens with zero attached hydrogens (tertiary/aromatic N) is 4. The van der Waals surface area contributed by atoms with Crippen molar-refractivity contribution in [1.29, 1.82) is 0 Å². The van der Waals surface area contributed by atoms with Gasteiger partial charge >= 0.3 is 0 Å². The summed E-state index contributed by atoms with van der Waals surface area (Å²) in [6.07, 6.45) is 3.18. The van der Waals surface area contributed by atoms with Crippen molar-refractivity contribution in [3.8, 4) is 5.88 Å². The Bertz CT molecular complexity index is 579. The van der Waals surface area contributed by atoms with Crippen molar-refractivity contribution in [2.75, 3.05) is 7.11 Å². The molecule has 0 saturated heterocycles. The second-order valence-corrected chi connectivity index (χ2v) is 6.07. The van der Waals surface area contributed by atoms with Gasteiger partial charge in [-0.05, 0) is 11.5 Å². The molecule has 0 aliphatic carbocycles. The lowest BCUT2D eigenvalue weighted by atomic mass is 9.89. The predicted molar refractivity (Wildman–Crippen MR) is 76.4 cm³/mol. The number of hydrazine groups is 1. The van der Waals surface area contributed by atoms with E-state index in [0.29, 0.717) is 11.6 Å². The lowest BCUT2D eigenvalue weighted by molar-refractivity contribution is 0.382. The third-order valence-electron chi connectivity index (χ3n) is 2.81. The number of aromatic nitrogens is 4. The van der Waals surface area contributed by atoms with E-state index < -0.39 is 0 Å². The van der Waals surface area contributed by atoms with Gasteiger partial charge in [-0.3, -0.25) is 10.8 Å². The second-order valence-electron chi connectivity index (χ2n) is 5.29. The minimum Gasteiger partial charge on any atom is -0.480 e. The van der Waals surface area contributed by atoms with E-state index in [0.717, 1.165) is 10.6 Å². The highest BCUT2D eigenvalue weighted by Gasteiger charge is 2.30. The van der Waals surface area contributed by atoms with E-state index in [1.807, 2.05) is 0 Å². The summed E-state index contributed by atoms with van der Waals surface area (Å²) in [7, 11) is 1.55. The Morgan fingerprint density at radius 1 is 1.30 bits per heavy atom.